The van der Waals surface area contributed by atoms with E-state index in [-0.39, 0.29) is 5.75 Å². The fourth-order valence-corrected chi connectivity index (χ4v) is 1.97. The third-order valence-electron chi connectivity index (χ3n) is 2.71. The maximum atomic E-state index is 9.91. The predicted molar refractivity (Wildman–Crippen MR) is 63.0 cm³/mol. The molecule has 80 valence electrons. The lowest BCUT2D eigenvalue weighted by Gasteiger charge is -2.08. The number of phenols is 1. The number of nitrogens with zero attached hydrogens (tertiary/aromatic N) is 1. The van der Waals surface area contributed by atoms with E-state index in [1.54, 1.807) is 6.07 Å². The van der Waals surface area contributed by atoms with Gasteiger partial charge in [0.15, 0.2) is 0 Å². The number of ether oxygens (including phenoxy) is 1. The number of benzene rings is 2. The van der Waals surface area contributed by atoms with Crippen molar-refractivity contribution in [3.05, 3.63) is 42.0 Å². The Bertz CT molecular complexity index is 575. The van der Waals surface area contributed by atoms with E-state index >= 15 is 0 Å². The van der Waals surface area contributed by atoms with Gasteiger partial charge in [0.25, 0.3) is 0 Å². The second-order valence-corrected chi connectivity index (χ2v) is 3.72. The van der Waals surface area contributed by atoms with Gasteiger partial charge < -0.3 is 9.84 Å². The Morgan fingerprint density at radius 1 is 1.12 bits per heavy atom. The lowest BCUT2D eigenvalue weighted by Crippen LogP contribution is -2.02. The van der Waals surface area contributed by atoms with Gasteiger partial charge in [-0.05, 0) is 16.8 Å². The van der Waals surface area contributed by atoms with Gasteiger partial charge in [-0.25, -0.2) is 4.99 Å². The molecule has 0 saturated heterocycles. The van der Waals surface area contributed by atoms with Crippen LogP contribution >= 0.6 is 0 Å². The summed E-state index contributed by atoms with van der Waals surface area (Å²) in [5, 5.41) is 12.0. The van der Waals surface area contributed by atoms with Crippen molar-refractivity contribution in [1.29, 1.82) is 0 Å². The monoisotopic (exact) mass is 213 g/mol. The van der Waals surface area contributed by atoms with E-state index in [1.165, 1.54) is 0 Å². The Morgan fingerprint density at radius 2 is 2.00 bits per heavy atom. The molecule has 3 nitrogen and oxygen atoms in total. The van der Waals surface area contributed by atoms with Crippen LogP contribution in [-0.2, 0) is 4.74 Å². The van der Waals surface area contributed by atoms with Crippen LogP contribution in [0.15, 0.2) is 41.4 Å². The van der Waals surface area contributed by atoms with Gasteiger partial charge in [-0.3, -0.25) is 0 Å². The SMILES string of the molecule is Oc1ccc2ccccc2c1C1=NCCO1. The third kappa shape index (κ3) is 1.33. The van der Waals surface area contributed by atoms with Crippen LogP contribution in [-0.4, -0.2) is 24.2 Å². The van der Waals surface area contributed by atoms with Crippen molar-refractivity contribution in [2.45, 2.75) is 0 Å². The lowest BCUT2D eigenvalue weighted by molar-refractivity contribution is 0.347. The maximum Gasteiger partial charge on any atom is 0.220 e. The first-order valence-corrected chi connectivity index (χ1v) is 5.24. The minimum Gasteiger partial charge on any atom is -0.507 e. The summed E-state index contributed by atoms with van der Waals surface area (Å²) >= 11 is 0. The molecule has 2 aromatic rings. The number of fused-ring (bicyclic) bond motifs is 1. The molecule has 0 fully saturated rings. The molecule has 1 aliphatic heterocycles. The van der Waals surface area contributed by atoms with Gasteiger partial charge in [0.05, 0.1) is 12.1 Å². The number of hydrogen-bond acceptors (Lipinski definition) is 3. The highest BCUT2D eigenvalue weighted by molar-refractivity contribution is 6.09. The Balaban J connectivity index is 2.32. The van der Waals surface area contributed by atoms with Crippen LogP contribution in [0.3, 0.4) is 0 Å². The Morgan fingerprint density at radius 3 is 2.81 bits per heavy atom. The molecule has 2 aromatic carbocycles. The van der Waals surface area contributed by atoms with E-state index in [0.29, 0.717) is 24.6 Å². The Labute approximate surface area is 93.0 Å². The molecule has 1 heterocycles. The molecular weight excluding hydrogens is 202 g/mol. The fourth-order valence-electron chi connectivity index (χ4n) is 1.97. The van der Waals surface area contributed by atoms with Gasteiger partial charge >= 0.3 is 0 Å². The van der Waals surface area contributed by atoms with Crippen LogP contribution in [0, 0.1) is 0 Å². The molecule has 0 amide bonds. The first-order chi connectivity index (χ1) is 7.86. The van der Waals surface area contributed by atoms with Crippen LogP contribution in [0.4, 0.5) is 0 Å². The number of rotatable bonds is 1. The second-order valence-electron chi connectivity index (χ2n) is 3.72. The predicted octanol–water partition coefficient (Wildman–Crippen LogP) is 2.32. The summed E-state index contributed by atoms with van der Waals surface area (Å²) in [5.74, 6) is 0.772. The van der Waals surface area contributed by atoms with Crippen molar-refractivity contribution in [2.24, 2.45) is 4.99 Å². The van der Waals surface area contributed by atoms with Gasteiger partial charge in [0.2, 0.25) is 5.90 Å². The van der Waals surface area contributed by atoms with Crippen LogP contribution in [0.5, 0.6) is 5.75 Å². The van der Waals surface area contributed by atoms with Crippen molar-refractivity contribution in [1.82, 2.24) is 0 Å². The van der Waals surface area contributed by atoms with Crippen molar-refractivity contribution >= 4 is 16.7 Å². The van der Waals surface area contributed by atoms with E-state index in [4.69, 9.17) is 4.74 Å². The van der Waals surface area contributed by atoms with E-state index in [1.807, 2.05) is 30.3 Å². The van der Waals surface area contributed by atoms with Crippen LogP contribution in [0.1, 0.15) is 5.56 Å². The van der Waals surface area contributed by atoms with E-state index in [9.17, 15) is 5.11 Å². The zero-order valence-corrected chi connectivity index (χ0v) is 8.68. The van der Waals surface area contributed by atoms with Crippen molar-refractivity contribution in [2.75, 3.05) is 13.2 Å². The van der Waals surface area contributed by atoms with Gasteiger partial charge in [0, 0.05) is 0 Å². The standard InChI is InChI=1S/C13H11NO2/c15-11-6-5-9-3-1-2-4-10(9)12(11)13-14-7-8-16-13/h1-6,15H,7-8H2. The van der Waals surface area contributed by atoms with Crippen molar-refractivity contribution < 1.29 is 9.84 Å². The molecule has 0 atom stereocenters. The molecule has 0 radical (unpaired) electrons. The molecule has 3 heteroatoms. The maximum absolute atomic E-state index is 9.91. The summed E-state index contributed by atoms with van der Waals surface area (Å²) in [7, 11) is 0. The zero-order chi connectivity index (χ0) is 11.0. The summed E-state index contributed by atoms with van der Waals surface area (Å²) in [5.41, 5.74) is 0.704. The third-order valence-corrected chi connectivity index (χ3v) is 2.71. The highest BCUT2D eigenvalue weighted by Crippen LogP contribution is 2.28. The molecule has 3 rings (SSSR count). The molecule has 0 saturated carbocycles. The van der Waals surface area contributed by atoms with E-state index < -0.39 is 0 Å². The van der Waals surface area contributed by atoms with Crippen LogP contribution in [0.25, 0.3) is 10.8 Å². The summed E-state index contributed by atoms with van der Waals surface area (Å²) in [6.07, 6.45) is 0. The summed E-state index contributed by atoms with van der Waals surface area (Å²) in [6, 6.07) is 11.5. The average molecular weight is 213 g/mol. The fraction of sp³-hybridized carbons (Fsp3) is 0.154. The molecule has 1 N–H and O–H groups in total. The van der Waals surface area contributed by atoms with Crippen LogP contribution in [0.2, 0.25) is 0 Å². The van der Waals surface area contributed by atoms with Gasteiger partial charge in [0.1, 0.15) is 12.4 Å². The molecule has 0 unspecified atom stereocenters. The highest BCUT2D eigenvalue weighted by Gasteiger charge is 2.17. The minimum absolute atomic E-state index is 0.222. The van der Waals surface area contributed by atoms with Crippen molar-refractivity contribution in [3.8, 4) is 5.75 Å². The first-order valence-electron chi connectivity index (χ1n) is 5.24. The minimum atomic E-state index is 0.222. The topological polar surface area (TPSA) is 41.8 Å². The van der Waals surface area contributed by atoms with E-state index in [0.717, 1.165) is 10.8 Å². The molecule has 0 aromatic heterocycles. The quantitative estimate of drug-likeness (QED) is 0.789. The Kier molecular flexibility index (Phi) is 2.03. The number of hydrogen-bond donors (Lipinski definition) is 1. The first kappa shape index (κ1) is 9.21. The van der Waals surface area contributed by atoms with Gasteiger partial charge in [-0.2, -0.15) is 0 Å². The molecule has 0 bridgehead atoms. The van der Waals surface area contributed by atoms with Gasteiger partial charge in [-0.1, -0.05) is 30.3 Å². The molecular formula is C13H11NO2. The average Bonchev–Trinajstić information content (AvgIpc) is 2.82. The number of aromatic hydroxyl groups is 1. The summed E-state index contributed by atoms with van der Waals surface area (Å²) < 4.78 is 5.42. The van der Waals surface area contributed by atoms with Crippen LogP contribution < -0.4 is 0 Å². The zero-order valence-electron chi connectivity index (χ0n) is 8.68. The second kappa shape index (κ2) is 3.52. The molecule has 0 spiro atoms. The van der Waals surface area contributed by atoms with Crippen molar-refractivity contribution in [3.63, 3.8) is 0 Å². The van der Waals surface area contributed by atoms with E-state index in [2.05, 4.69) is 4.99 Å². The molecule has 0 aliphatic carbocycles. The Hall–Kier alpha value is -2.03. The largest absolute Gasteiger partial charge is 0.507 e. The summed E-state index contributed by atoms with van der Waals surface area (Å²) in [6.45, 7) is 1.26. The normalized spacial score (nSPS) is 14.9. The highest BCUT2D eigenvalue weighted by atomic mass is 16.5. The number of phenolic OH excluding ortho intramolecular Hbond substituents is 1. The molecule has 1 aliphatic rings. The van der Waals surface area contributed by atoms with Gasteiger partial charge in [-0.15, -0.1) is 0 Å². The summed E-state index contributed by atoms with van der Waals surface area (Å²) in [4.78, 5) is 4.25. The smallest absolute Gasteiger partial charge is 0.220 e. The number of aliphatic imine (C=N–C) groups is 1. The lowest BCUT2D eigenvalue weighted by atomic mass is 10.0. The molecule has 16 heavy (non-hydrogen) atoms.